The monoisotopic (exact) mass is 260 g/mol. The van der Waals surface area contributed by atoms with Gasteiger partial charge in [-0.2, -0.15) is 5.10 Å². The van der Waals surface area contributed by atoms with Gasteiger partial charge in [0.2, 0.25) is 5.88 Å². The smallest absolute Gasteiger partial charge is 0.213 e. The molecule has 0 unspecified atom stereocenters. The van der Waals surface area contributed by atoms with Crippen LogP contribution >= 0.6 is 0 Å². The van der Waals surface area contributed by atoms with E-state index in [1.54, 1.807) is 7.11 Å². The zero-order chi connectivity index (χ0) is 13.5. The number of aryl methyl sites for hydroxylation is 2. The Bertz CT molecular complexity index is 510. The van der Waals surface area contributed by atoms with Crippen molar-refractivity contribution in [1.82, 2.24) is 20.5 Å². The first-order valence-corrected chi connectivity index (χ1v) is 6.49. The first kappa shape index (κ1) is 13.5. The number of rotatable bonds is 7. The van der Waals surface area contributed by atoms with Crippen molar-refractivity contribution < 1.29 is 4.74 Å². The van der Waals surface area contributed by atoms with Gasteiger partial charge in [-0.3, -0.25) is 5.10 Å². The number of nitrogens with one attached hydrogen (secondary N) is 2. The lowest BCUT2D eigenvalue weighted by Gasteiger charge is -2.05. The molecule has 5 heteroatoms. The number of aromatic amines is 1. The molecule has 2 heterocycles. The Kier molecular flexibility index (Phi) is 4.92. The molecule has 2 N–H and O–H groups in total. The molecule has 0 aliphatic rings. The van der Waals surface area contributed by atoms with E-state index in [2.05, 4.69) is 27.4 Å². The van der Waals surface area contributed by atoms with E-state index in [0.29, 0.717) is 5.88 Å². The SMILES string of the molecule is COc1cccc(CNCCCc2cn[nH]c2C)n1. The molecule has 0 saturated heterocycles. The summed E-state index contributed by atoms with van der Waals surface area (Å²) < 4.78 is 5.10. The molecule has 0 atom stereocenters. The molecule has 0 saturated carbocycles. The fraction of sp³-hybridized carbons (Fsp3) is 0.429. The third-order valence-corrected chi connectivity index (χ3v) is 3.03. The largest absolute Gasteiger partial charge is 0.481 e. The quantitative estimate of drug-likeness (QED) is 0.746. The standard InChI is InChI=1S/C14H20N4O/c1-11-12(9-16-18-11)5-4-8-15-10-13-6-3-7-14(17-13)19-2/h3,6-7,9,15H,4-5,8,10H2,1-2H3,(H,16,18). The van der Waals surface area contributed by atoms with Crippen molar-refractivity contribution in [3.05, 3.63) is 41.3 Å². The third-order valence-electron chi connectivity index (χ3n) is 3.03. The summed E-state index contributed by atoms with van der Waals surface area (Å²) in [5.41, 5.74) is 3.45. The summed E-state index contributed by atoms with van der Waals surface area (Å²) in [5, 5.41) is 10.4. The van der Waals surface area contributed by atoms with E-state index in [4.69, 9.17) is 4.74 Å². The van der Waals surface area contributed by atoms with Crippen LogP contribution in [0.25, 0.3) is 0 Å². The van der Waals surface area contributed by atoms with E-state index in [9.17, 15) is 0 Å². The van der Waals surface area contributed by atoms with Gasteiger partial charge >= 0.3 is 0 Å². The first-order valence-electron chi connectivity index (χ1n) is 6.49. The molecule has 0 spiro atoms. The number of methoxy groups -OCH3 is 1. The topological polar surface area (TPSA) is 62.8 Å². The molecule has 2 aromatic heterocycles. The van der Waals surface area contributed by atoms with E-state index in [1.165, 1.54) is 5.56 Å². The lowest BCUT2D eigenvalue weighted by atomic mass is 10.1. The highest BCUT2D eigenvalue weighted by atomic mass is 16.5. The number of aromatic nitrogens is 3. The van der Waals surface area contributed by atoms with Gasteiger partial charge in [-0.25, -0.2) is 4.98 Å². The third kappa shape index (κ3) is 4.06. The van der Waals surface area contributed by atoms with E-state index < -0.39 is 0 Å². The van der Waals surface area contributed by atoms with Gasteiger partial charge in [0.15, 0.2) is 0 Å². The summed E-state index contributed by atoms with van der Waals surface area (Å²) in [6.07, 6.45) is 4.03. The zero-order valence-corrected chi connectivity index (χ0v) is 11.4. The molecule has 0 amide bonds. The molecular weight excluding hydrogens is 240 g/mol. The van der Waals surface area contributed by atoms with Crippen LogP contribution in [0, 0.1) is 6.92 Å². The molecule has 0 aliphatic carbocycles. The van der Waals surface area contributed by atoms with E-state index >= 15 is 0 Å². The summed E-state index contributed by atoms with van der Waals surface area (Å²) in [6.45, 7) is 3.78. The Balaban J connectivity index is 1.68. The zero-order valence-electron chi connectivity index (χ0n) is 11.4. The number of hydrogen-bond donors (Lipinski definition) is 2. The summed E-state index contributed by atoms with van der Waals surface area (Å²) in [4.78, 5) is 4.35. The molecule has 0 radical (unpaired) electrons. The molecular formula is C14H20N4O. The Morgan fingerprint density at radius 2 is 2.26 bits per heavy atom. The Morgan fingerprint density at radius 1 is 1.37 bits per heavy atom. The van der Waals surface area contributed by atoms with Crippen LogP contribution in [-0.2, 0) is 13.0 Å². The first-order chi connectivity index (χ1) is 9.29. The minimum absolute atomic E-state index is 0.660. The molecule has 2 rings (SSSR count). The molecule has 0 aromatic carbocycles. The second-order valence-corrected chi connectivity index (χ2v) is 4.47. The van der Waals surface area contributed by atoms with E-state index in [0.717, 1.165) is 37.3 Å². The predicted octanol–water partition coefficient (Wildman–Crippen LogP) is 1.84. The van der Waals surface area contributed by atoms with Gasteiger partial charge in [0.1, 0.15) is 0 Å². The fourth-order valence-corrected chi connectivity index (χ4v) is 1.92. The maximum atomic E-state index is 5.10. The highest BCUT2D eigenvalue weighted by molar-refractivity contribution is 5.16. The molecule has 102 valence electrons. The van der Waals surface area contributed by atoms with Gasteiger partial charge in [-0.05, 0) is 37.9 Å². The van der Waals surface area contributed by atoms with E-state index in [-0.39, 0.29) is 0 Å². The van der Waals surface area contributed by atoms with Crippen LogP contribution in [0.4, 0.5) is 0 Å². The summed E-state index contributed by atoms with van der Waals surface area (Å²) in [7, 11) is 1.63. The number of nitrogens with zero attached hydrogens (tertiary/aromatic N) is 2. The average molecular weight is 260 g/mol. The Morgan fingerprint density at radius 3 is 3.00 bits per heavy atom. The minimum Gasteiger partial charge on any atom is -0.481 e. The van der Waals surface area contributed by atoms with Crippen LogP contribution < -0.4 is 10.1 Å². The average Bonchev–Trinajstić information content (AvgIpc) is 2.84. The van der Waals surface area contributed by atoms with E-state index in [1.807, 2.05) is 24.4 Å². The lowest BCUT2D eigenvalue weighted by Crippen LogP contribution is -2.16. The Labute approximate surface area is 113 Å². The second kappa shape index (κ2) is 6.89. The maximum Gasteiger partial charge on any atom is 0.213 e. The van der Waals surface area contributed by atoms with Gasteiger partial charge < -0.3 is 10.1 Å². The van der Waals surface area contributed by atoms with Crippen molar-refractivity contribution in [2.24, 2.45) is 0 Å². The van der Waals surface area contributed by atoms with Crippen LogP contribution in [0.2, 0.25) is 0 Å². The highest BCUT2D eigenvalue weighted by Gasteiger charge is 2.00. The molecule has 0 bridgehead atoms. The van der Waals surface area contributed by atoms with Crippen LogP contribution in [0.15, 0.2) is 24.4 Å². The number of pyridine rings is 1. The lowest BCUT2D eigenvalue weighted by molar-refractivity contribution is 0.395. The van der Waals surface area contributed by atoms with Crippen LogP contribution in [-0.4, -0.2) is 28.8 Å². The van der Waals surface area contributed by atoms with Crippen molar-refractivity contribution in [1.29, 1.82) is 0 Å². The van der Waals surface area contributed by atoms with Gasteiger partial charge in [0.05, 0.1) is 19.0 Å². The fourth-order valence-electron chi connectivity index (χ4n) is 1.92. The van der Waals surface area contributed by atoms with Gasteiger partial charge in [-0.15, -0.1) is 0 Å². The Hall–Kier alpha value is -1.88. The summed E-state index contributed by atoms with van der Waals surface area (Å²) in [5.74, 6) is 0.660. The van der Waals surface area contributed by atoms with Crippen molar-refractivity contribution in [2.75, 3.05) is 13.7 Å². The van der Waals surface area contributed by atoms with Gasteiger partial charge in [-0.1, -0.05) is 6.07 Å². The maximum absolute atomic E-state index is 5.10. The van der Waals surface area contributed by atoms with Gasteiger partial charge in [0, 0.05) is 18.3 Å². The number of H-pyrrole nitrogens is 1. The predicted molar refractivity (Wildman–Crippen MR) is 74.1 cm³/mol. The highest BCUT2D eigenvalue weighted by Crippen LogP contribution is 2.07. The van der Waals surface area contributed by atoms with Crippen molar-refractivity contribution in [3.63, 3.8) is 0 Å². The van der Waals surface area contributed by atoms with Crippen molar-refractivity contribution in [3.8, 4) is 5.88 Å². The molecule has 2 aromatic rings. The molecule has 5 nitrogen and oxygen atoms in total. The van der Waals surface area contributed by atoms with Crippen LogP contribution in [0.1, 0.15) is 23.4 Å². The van der Waals surface area contributed by atoms with Gasteiger partial charge in [0.25, 0.3) is 0 Å². The minimum atomic E-state index is 0.660. The second-order valence-electron chi connectivity index (χ2n) is 4.47. The van der Waals surface area contributed by atoms with Crippen LogP contribution in [0.3, 0.4) is 0 Å². The number of hydrogen-bond acceptors (Lipinski definition) is 4. The molecule has 0 aliphatic heterocycles. The summed E-state index contributed by atoms with van der Waals surface area (Å²) in [6, 6.07) is 5.80. The molecule has 19 heavy (non-hydrogen) atoms. The number of ether oxygens (including phenoxy) is 1. The molecule has 0 fully saturated rings. The normalized spacial score (nSPS) is 10.6. The van der Waals surface area contributed by atoms with Crippen molar-refractivity contribution in [2.45, 2.75) is 26.3 Å². The van der Waals surface area contributed by atoms with Crippen molar-refractivity contribution >= 4 is 0 Å². The van der Waals surface area contributed by atoms with Crippen LogP contribution in [0.5, 0.6) is 5.88 Å². The summed E-state index contributed by atoms with van der Waals surface area (Å²) >= 11 is 0.